The quantitative estimate of drug-likeness (QED) is 0.654. The molecule has 0 aliphatic heterocycles. The molecule has 1 N–H and O–H groups in total. The summed E-state index contributed by atoms with van der Waals surface area (Å²) in [7, 11) is 0. The smallest absolute Gasteiger partial charge is 0.245 e. The van der Waals surface area contributed by atoms with E-state index in [4.69, 9.17) is 11.6 Å². The first-order chi connectivity index (χ1) is 5.06. The molecular formula is C8H14ClNO. The van der Waals surface area contributed by atoms with Gasteiger partial charge < -0.3 is 5.32 Å². The van der Waals surface area contributed by atoms with E-state index < -0.39 is 0 Å². The molecule has 1 atom stereocenters. The van der Waals surface area contributed by atoms with Crippen LogP contribution in [-0.2, 0) is 4.79 Å². The minimum atomic E-state index is -0.119. The van der Waals surface area contributed by atoms with E-state index in [0.29, 0.717) is 5.03 Å². The molecule has 2 nitrogen and oxygen atoms in total. The molecule has 0 saturated heterocycles. The molecule has 0 radical (unpaired) electrons. The second-order valence-corrected chi connectivity index (χ2v) is 3.15. The summed E-state index contributed by atoms with van der Waals surface area (Å²) >= 11 is 5.50. The van der Waals surface area contributed by atoms with Crippen LogP contribution in [0.1, 0.15) is 27.2 Å². The van der Waals surface area contributed by atoms with Crippen molar-refractivity contribution in [2.45, 2.75) is 33.2 Å². The highest BCUT2D eigenvalue weighted by Crippen LogP contribution is 1.97. The molecule has 0 aromatic carbocycles. The van der Waals surface area contributed by atoms with Crippen molar-refractivity contribution in [3.8, 4) is 0 Å². The van der Waals surface area contributed by atoms with Crippen molar-refractivity contribution in [1.82, 2.24) is 5.32 Å². The zero-order valence-electron chi connectivity index (χ0n) is 7.15. The van der Waals surface area contributed by atoms with Gasteiger partial charge in [-0.15, -0.1) is 0 Å². The second-order valence-electron chi connectivity index (χ2n) is 2.55. The molecule has 64 valence electrons. The van der Waals surface area contributed by atoms with E-state index in [-0.39, 0.29) is 11.9 Å². The summed E-state index contributed by atoms with van der Waals surface area (Å²) < 4.78 is 0. The van der Waals surface area contributed by atoms with E-state index in [1.807, 2.05) is 13.8 Å². The van der Waals surface area contributed by atoms with E-state index in [0.717, 1.165) is 6.42 Å². The van der Waals surface area contributed by atoms with Gasteiger partial charge in [-0.1, -0.05) is 18.5 Å². The summed E-state index contributed by atoms with van der Waals surface area (Å²) in [5.74, 6) is -0.119. The van der Waals surface area contributed by atoms with Gasteiger partial charge in [0.1, 0.15) is 0 Å². The number of halogens is 1. The van der Waals surface area contributed by atoms with Crippen molar-refractivity contribution in [2.75, 3.05) is 0 Å². The zero-order chi connectivity index (χ0) is 8.85. The maximum atomic E-state index is 11.0. The fraction of sp³-hybridized carbons (Fsp3) is 0.625. The van der Waals surface area contributed by atoms with Gasteiger partial charge in [-0.2, -0.15) is 0 Å². The van der Waals surface area contributed by atoms with Crippen LogP contribution in [0.15, 0.2) is 11.1 Å². The van der Waals surface area contributed by atoms with Crippen molar-refractivity contribution < 1.29 is 4.79 Å². The third-order valence-corrected chi connectivity index (χ3v) is 1.44. The third kappa shape index (κ3) is 5.92. The maximum Gasteiger partial charge on any atom is 0.245 e. The molecule has 0 heterocycles. The van der Waals surface area contributed by atoms with Crippen LogP contribution in [0.25, 0.3) is 0 Å². The Morgan fingerprint density at radius 2 is 2.27 bits per heavy atom. The van der Waals surface area contributed by atoms with Crippen LogP contribution in [0.5, 0.6) is 0 Å². The van der Waals surface area contributed by atoms with Gasteiger partial charge in [0.15, 0.2) is 0 Å². The fourth-order valence-electron chi connectivity index (χ4n) is 0.567. The van der Waals surface area contributed by atoms with Crippen LogP contribution >= 0.6 is 11.6 Å². The number of allylic oxidation sites excluding steroid dienone is 1. The summed E-state index contributed by atoms with van der Waals surface area (Å²) in [6, 6.07) is 0.217. The van der Waals surface area contributed by atoms with Gasteiger partial charge in [-0.3, -0.25) is 4.79 Å². The molecule has 0 spiro atoms. The topological polar surface area (TPSA) is 29.1 Å². The van der Waals surface area contributed by atoms with Crippen molar-refractivity contribution in [3.63, 3.8) is 0 Å². The van der Waals surface area contributed by atoms with Gasteiger partial charge in [0.2, 0.25) is 5.91 Å². The van der Waals surface area contributed by atoms with Crippen molar-refractivity contribution >= 4 is 17.5 Å². The normalized spacial score (nSPS) is 14.4. The minimum absolute atomic E-state index is 0.119. The molecule has 11 heavy (non-hydrogen) atoms. The molecule has 0 aliphatic rings. The Morgan fingerprint density at radius 1 is 1.73 bits per heavy atom. The molecule has 3 heteroatoms. The second kappa shape index (κ2) is 5.19. The lowest BCUT2D eigenvalue weighted by Crippen LogP contribution is -2.30. The Labute approximate surface area is 72.6 Å². The molecular weight excluding hydrogens is 162 g/mol. The molecule has 1 amide bonds. The Kier molecular flexibility index (Phi) is 4.95. The number of amides is 1. The zero-order valence-corrected chi connectivity index (χ0v) is 7.90. The first-order valence-corrected chi connectivity index (χ1v) is 4.08. The number of hydrogen-bond acceptors (Lipinski definition) is 1. The van der Waals surface area contributed by atoms with E-state index in [9.17, 15) is 4.79 Å². The Bertz CT molecular complexity index is 161. The summed E-state index contributed by atoms with van der Waals surface area (Å²) in [5, 5.41) is 3.27. The molecule has 0 saturated carbocycles. The summed E-state index contributed by atoms with van der Waals surface area (Å²) in [6.07, 6.45) is 2.31. The monoisotopic (exact) mass is 175 g/mol. The number of hydrogen-bond donors (Lipinski definition) is 1. The average Bonchev–Trinajstić information content (AvgIpc) is 1.85. The summed E-state index contributed by atoms with van der Waals surface area (Å²) in [6.45, 7) is 5.65. The van der Waals surface area contributed by atoms with Gasteiger partial charge in [0.05, 0.1) is 0 Å². The molecule has 0 aromatic heterocycles. The number of rotatable bonds is 3. The Hall–Kier alpha value is -0.500. The van der Waals surface area contributed by atoms with Crippen molar-refractivity contribution in [2.24, 2.45) is 0 Å². The first kappa shape index (κ1) is 10.5. The molecule has 0 bridgehead atoms. The average molecular weight is 176 g/mol. The van der Waals surface area contributed by atoms with Crippen LogP contribution < -0.4 is 5.32 Å². The number of carbonyl (C=O) groups is 1. The van der Waals surface area contributed by atoms with E-state index in [1.165, 1.54) is 6.08 Å². The van der Waals surface area contributed by atoms with Crippen LogP contribution in [-0.4, -0.2) is 11.9 Å². The lowest BCUT2D eigenvalue weighted by molar-refractivity contribution is -0.117. The Morgan fingerprint density at radius 3 is 2.64 bits per heavy atom. The van der Waals surface area contributed by atoms with Crippen molar-refractivity contribution in [1.29, 1.82) is 0 Å². The summed E-state index contributed by atoms with van der Waals surface area (Å²) in [5.41, 5.74) is 0. The Balaban J connectivity index is 3.79. The lowest BCUT2D eigenvalue weighted by atomic mass is 10.2. The summed E-state index contributed by atoms with van der Waals surface area (Å²) in [4.78, 5) is 11.0. The van der Waals surface area contributed by atoms with Crippen LogP contribution in [0.3, 0.4) is 0 Å². The molecule has 0 fully saturated rings. The lowest BCUT2D eigenvalue weighted by Gasteiger charge is -2.08. The first-order valence-electron chi connectivity index (χ1n) is 3.70. The molecule has 0 rings (SSSR count). The number of nitrogens with one attached hydrogen (secondary N) is 1. The van der Waals surface area contributed by atoms with Crippen LogP contribution in [0.2, 0.25) is 0 Å². The predicted molar refractivity (Wildman–Crippen MR) is 47.5 cm³/mol. The van der Waals surface area contributed by atoms with Gasteiger partial charge >= 0.3 is 0 Å². The SMILES string of the molecule is CCC(C)NC(=O)/C=C(/C)Cl. The third-order valence-electron chi connectivity index (χ3n) is 1.33. The van der Waals surface area contributed by atoms with Crippen LogP contribution in [0.4, 0.5) is 0 Å². The van der Waals surface area contributed by atoms with E-state index >= 15 is 0 Å². The fourth-order valence-corrected chi connectivity index (χ4v) is 0.666. The predicted octanol–water partition coefficient (Wildman–Crippen LogP) is 2.04. The highest BCUT2D eigenvalue weighted by molar-refractivity contribution is 6.30. The van der Waals surface area contributed by atoms with Gasteiger partial charge in [0.25, 0.3) is 0 Å². The highest BCUT2D eigenvalue weighted by Gasteiger charge is 2.01. The van der Waals surface area contributed by atoms with Gasteiger partial charge in [-0.05, 0) is 20.3 Å². The minimum Gasteiger partial charge on any atom is -0.350 e. The largest absolute Gasteiger partial charge is 0.350 e. The van der Waals surface area contributed by atoms with E-state index in [1.54, 1.807) is 6.92 Å². The highest BCUT2D eigenvalue weighted by atomic mass is 35.5. The molecule has 0 aliphatic carbocycles. The molecule has 1 unspecified atom stereocenters. The number of carbonyl (C=O) groups excluding carboxylic acids is 1. The van der Waals surface area contributed by atoms with Gasteiger partial charge in [0, 0.05) is 17.2 Å². The standard InChI is InChI=1S/C8H14ClNO/c1-4-7(3)10-8(11)5-6(2)9/h5,7H,4H2,1-3H3,(H,10,11)/b6-5-. The van der Waals surface area contributed by atoms with Gasteiger partial charge in [-0.25, -0.2) is 0 Å². The van der Waals surface area contributed by atoms with Crippen molar-refractivity contribution in [3.05, 3.63) is 11.1 Å². The van der Waals surface area contributed by atoms with Crippen LogP contribution in [0, 0.1) is 0 Å². The molecule has 0 aromatic rings. The van der Waals surface area contributed by atoms with E-state index in [2.05, 4.69) is 5.32 Å². The maximum absolute atomic E-state index is 11.0.